The zero-order valence-corrected chi connectivity index (χ0v) is 11.3. The Labute approximate surface area is 112 Å². The highest BCUT2D eigenvalue weighted by Gasteiger charge is 2.39. The Morgan fingerprint density at radius 1 is 1.47 bits per heavy atom. The highest BCUT2D eigenvalue weighted by atomic mass is 16.5. The number of anilines is 3. The topological polar surface area (TPSA) is 105 Å². The Kier molecular flexibility index (Phi) is 4.06. The fourth-order valence-corrected chi connectivity index (χ4v) is 2.07. The van der Waals surface area contributed by atoms with Crippen LogP contribution in [0.1, 0.15) is 20.3 Å². The van der Waals surface area contributed by atoms with E-state index < -0.39 is 5.60 Å². The average Bonchev–Trinajstić information content (AvgIpc) is 2.68. The van der Waals surface area contributed by atoms with Crippen LogP contribution < -0.4 is 16.4 Å². The van der Waals surface area contributed by atoms with Crippen LogP contribution in [0.25, 0.3) is 0 Å². The lowest BCUT2D eigenvalue weighted by molar-refractivity contribution is -0.0176. The van der Waals surface area contributed by atoms with E-state index in [4.69, 9.17) is 10.5 Å². The van der Waals surface area contributed by atoms with Crippen LogP contribution in [0.4, 0.5) is 17.6 Å². The Morgan fingerprint density at radius 3 is 2.74 bits per heavy atom. The summed E-state index contributed by atoms with van der Waals surface area (Å²) in [5, 5.41) is 16.6. The average molecular weight is 267 g/mol. The van der Waals surface area contributed by atoms with Gasteiger partial charge < -0.3 is 26.2 Å². The molecule has 2 atom stereocenters. The molecular weight excluding hydrogens is 246 g/mol. The maximum atomic E-state index is 10.4. The van der Waals surface area contributed by atoms with E-state index >= 15 is 0 Å². The number of nitrogen functional groups attached to an aromatic ring is 1. The largest absolute Gasteiger partial charge is 0.385 e. The lowest BCUT2D eigenvalue weighted by Gasteiger charge is -2.26. The molecule has 7 nitrogen and oxygen atoms in total. The first kappa shape index (κ1) is 13.8. The summed E-state index contributed by atoms with van der Waals surface area (Å²) in [5.41, 5.74) is 4.78. The summed E-state index contributed by atoms with van der Waals surface area (Å²) in [6.45, 7) is 5.55. The molecule has 1 fully saturated rings. The molecule has 2 heterocycles. The summed E-state index contributed by atoms with van der Waals surface area (Å²) in [7, 11) is 0. The molecule has 0 spiro atoms. The Balaban J connectivity index is 2.03. The second-order valence-electron chi connectivity index (χ2n) is 4.75. The molecule has 2 rings (SSSR count). The standard InChI is InChI=1S/C12H21N5O2/c1-3-14-9-6-10(17-11(13)16-9)15-7-12(18)4-5-19-8(12)2/h6,8,18H,3-5,7H2,1-2H3,(H4,13,14,15,16,17). The first-order chi connectivity index (χ1) is 9.03. The van der Waals surface area contributed by atoms with Gasteiger partial charge in [-0.3, -0.25) is 0 Å². The van der Waals surface area contributed by atoms with Crippen molar-refractivity contribution in [2.75, 3.05) is 36.1 Å². The summed E-state index contributed by atoms with van der Waals surface area (Å²) in [6, 6.07) is 1.77. The van der Waals surface area contributed by atoms with Gasteiger partial charge in [0.2, 0.25) is 5.95 Å². The molecule has 7 heteroatoms. The van der Waals surface area contributed by atoms with Crippen molar-refractivity contribution in [1.29, 1.82) is 0 Å². The van der Waals surface area contributed by atoms with Gasteiger partial charge in [-0.05, 0) is 13.8 Å². The van der Waals surface area contributed by atoms with Gasteiger partial charge in [0, 0.05) is 32.2 Å². The molecule has 0 saturated carbocycles. The van der Waals surface area contributed by atoms with Crippen LogP contribution in [0, 0.1) is 0 Å². The molecule has 0 amide bonds. The first-order valence-corrected chi connectivity index (χ1v) is 6.50. The predicted molar refractivity (Wildman–Crippen MR) is 74.1 cm³/mol. The van der Waals surface area contributed by atoms with E-state index in [0.717, 1.165) is 6.54 Å². The summed E-state index contributed by atoms with van der Waals surface area (Å²) in [6.07, 6.45) is 0.425. The Morgan fingerprint density at radius 2 is 2.16 bits per heavy atom. The molecule has 0 bridgehead atoms. The molecule has 2 unspecified atom stereocenters. The zero-order valence-electron chi connectivity index (χ0n) is 11.3. The summed E-state index contributed by atoms with van der Waals surface area (Å²) in [4.78, 5) is 8.16. The third-order valence-electron chi connectivity index (χ3n) is 3.34. The van der Waals surface area contributed by atoms with Crippen molar-refractivity contribution in [2.45, 2.75) is 32.0 Å². The van der Waals surface area contributed by atoms with E-state index in [-0.39, 0.29) is 12.1 Å². The second kappa shape index (κ2) is 5.58. The molecule has 1 aromatic rings. The first-order valence-electron chi connectivity index (χ1n) is 6.50. The highest BCUT2D eigenvalue weighted by molar-refractivity contribution is 5.51. The normalized spacial score (nSPS) is 26.4. The van der Waals surface area contributed by atoms with Crippen LogP contribution in [0.2, 0.25) is 0 Å². The van der Waals surface area contributed by atoms with Gasteiger partial charge in [0.25, 0.3) is 0 Å². The van der Waals surface area contributed by atoms with Crippen molar-refractivity contribution in [1.82, 2.24) is 9.97 Å². The van der Waals surface area contributed by atoms with E-state index in [1.165, 1.54) is 0 Å². The maximum Gasteiger partial charge on any atom is 0.223 e. The second-order valence-corrected chi connectivity index (χ2v) is 4.75. The molecule has 0 radical (unpaired) electrons. The van der Waals surface area contributed by atoms with Crippen molar-refractivity contribution < 1.29 is 9.84 Å². The fraction of sp³-hybridized carbons (Fsp3) is 0.667. The van der Waals surface area contributed by atoms with Crippen molar-refractivity contribution in [3.8, 4) is 0 Å². The van der Waals surface area contributed by atoms with Gasteiger partial charge >= 0.3 is 0 Å². The number of aromatic nitrogens is 2. The molecule has 1 aliphatic heterocycles. The van der Waals surface area contributed by atoms with E-state index in [2.05, 4.69) is 20.6 Å². The number of hydrogen-bond acceptors (Lipinski definition) is 7. The van der Waals surface area contributed by atoms with Crippen molar-refractivity contribution >= 4 is 17.6 Å². The number of aliphatic hydroxyl groups is 1. The minimum atomic E-state index is -0.863. The van der Waals surface area contributed by atoms with E-state index in [1.54, 1.807) is 6.07 Å². The van der Waals surface area contributed by atoms with Crippen LogP contribution in [0.5, 0.6) is 0 Å². The number of rotatable bonds is 5. The molecule has 106 valence electrons. The van der Waals surface area contributed by atoms with Gasteiger partial charge in [-0.25, -0.2) is 0 Å². The minimum absolute atomic E-state index is 0.188. The number of ether oxygens (including phenoxy) is 1. The molecule has 0 aromatic carbocycles. The smallest absolute Gasteiger partial charge is 0.223 e. The lowest BCUT2D eigenvalue weighted by atomic mass is 9.97. The number of nitrogens with two attached hydrogens (primary N) is 1. The number of hydrogen-bond donors (Lipinski definition) is 4. The monoisotopic (exact) mass is 267 g/mol. The zero-order chi connectivity index (χ0) is 13.9. The van der Waals surface area contributed by atoms with Gasteiger partial charge in [-0.15, -0.1) is 0 Å². The molecule has 19 heavy (non-hydrogen) atoms. The van der Waals surface area contributed by atoms with Crippen LogP contribution in [-0.4, -0.2) is 46.5 Å². The summed E-state index contributed by atoms with van der Waals surface area (Å²) in [5.74, 6) is 1.46. The summed E-state index contributed by atoms with van der Waals surface area (Å²) >= 11 is 0. The van der Waals surface area contributed by atoms with Crippen LogP contribution >= 0.6 is 0 Å². The lowest BCUT2D eigenvalue weighted by Crippen LogP contribution is -2.43. The molecule has 1 aliphatic rings. The third kappa shape index (κ3) is 3.24. The van der Waals surface area contributed by atoms with E-state index in [1.807, 2.05) is 13.8 Å². The summed E-state index contributed by atoms with van der Waals surface area (Å²) < 4.78 is 5.38. The van der Waals surface area contributed by atoms with Gasteiger partial charge in [0.1, 0.15) is 17.2 Å². The van der Waals surface area contributed by atoms with Crippen LogP contribution in [0.3, 0.4) is 0 Å². The van der Waals surface area contributed by atoms with Crippen LogP contribution in [0.15, 0.2) is 6.07 Å². The number of nitrogens with zero attached hydrogens (tertiary/aromatic N) is 2. The van der Waals surface area contributed by atoms with Gasteiger partial charge in [0.05, 0.1) is 6.10 Å². The molecule has 1 aromatic heterocycles. The van der Waals surface area contributed by atoms with Crippen molar-refractivity contribution in [2.24, 2.45) is 0 Å². The van der Waals surface area contributed by atoms with E-state index in [9.17, 15) is 5.11 Å². The third-order valence-corrected chi connectivity index (χ3v) is 3.34. The maximum absolute atomic E-state index is 10.4. The molecule has 0 aliphatic carbocycles. The molecular formula is C12H21N5O2. The Hall–Kier alpha value is -1.60. The highest BCUT2D eigenvalue weighted by Crippen LogP contribution is 2.26. The van der Waals surface area contributed by atoms with E-state index in [0.29, 0.717) is 31.2 Å². The fourth-order valence-electron chi connectivity index (χ4n) is 2.07. The van der Waals surface area contributed by atoms with Crippen LogP contribution in [-0.2, 0) is 4.74 Å². The quantitative estimate of drug-likeness (QED) is 0.613. The SMILES string of the molecule is CCNc1cc(NCC2(O)CCOC2C)nc(N)n1. The van der Waals surface area contributed by atoms with Gasteiger partial charge in [-0.1, -0.05) is 0 Å². The Bertz CT molecular complexity index is 442. The van der Waals surface area contributed by atoms with Crippen molar-refractivity contribution in [3.05, 3.63) is 6.07 Å². The molecule has 1 saturated heterocycles. The number of nitrogens with one attached hydrogen (secondary N) is 2. The van der Waals surface area contributed by atoms with Gasteiger partial charge in [-0.2, -0.15) is 9.97 Å². The van der Waals surface area contributed by atoms with Gasteiger partial charge in [0.15, 0.2) is 0 Å². The minimum Gasteiger partial charge on any atom is -0.385 e. The van der Waals surface area contributed by atoms with Crippen molar-refractivity contribution in [3.63, 3.8) is 0 Å². The predicted octanol–water partition coefficient (Wildman–Crippen LogP) is 0.442. The molecule has 5 N–H and O–H groups in total.